The Hall–Kier alpha value is -2.46. The summed E-state index contributed by atoms with van der Waals surface area (Å²) < 4.78 is 4.44. The zero-order chi connectivity index (χ0) is 18.7. The number of aryl methyl sites for hydroxylation is 1. The van der Waals surface area contributed by atoms with E-state index in [9.17, 15) is 4.79 Å². The number of carbonyl (C=O) groups is 1. The average molecular weight is 365 g/mol. The third-order valence-corrected chi connectivity index (χ3v) is 6.12. The van der Waals surface area contributed by atoms with Crippen molar-refractivity contribution in [2.45, 2.75) is 32.6 Å². The van der Waals surface area contributed by atoms with E-state index in [4.69, 9.17) is 0 Å². The molecular formula is C22H24N2OS. The fourth-order valence-electron chi connectivity index (χ4n) is 3.07. The molecule has 0 aliphatic heterocycles. The van der Waals surface area contributed by atoms with Crippen molar-refractivity contribution < 1.29 is 4.79 Å². The third-order valence-electron chi connectivity index (χ3n) is 5.13. The summed E-state index contributed by atoms with van der Waals surface area (Å²) in [5.74, 6) is 0. The van der Waals surface area contributed by atoms with Crippen LogP contribution >= 0.6 is 11.5 Å². The van der Waals surface area contributed by atoms with Crippen LogP contribution in [0.3, 0.4) is 0 Å². The third kappa shape index (κ3) is 3.29. The molecule has 0 saturated carbocycles. The van der Waals surface area contributed by atoms with Crippen LogP contribution in [-0.2, 0) is 10.2 Å². The number of nitrogens with one attached hydrogen (secondary N) is 1. The first-order valence-electron chi connectivity index (χ1n) is 8.84. The highest BCUT2D eigenvalue weighted by Crippen LogP contribution is 2.35. The Morgan fingerprint density at radius 3 is 2.08 bits per heavy atom. The molecule has 1 N–H and O–H groups in total. The summed E-state index contributed by atoms with van der Waals surface area (Å²) in [5.41, 5.74) is 6.27. The van der Waals surface area contributed by atoms with Crippen molar-refractivity contribution in [1.29, 1.82) is 0 Å². The van der Waals surface area contributed by atoms with Crippen molar-refractivity contribution in [2.24, 2.45) is 0 Å². The summed E-state index contributed by atoms with van der Waals surface area (Å²) in [5, 5.41) is 3.24. The van der Waals surface area contributed by atoms with E-state index < -0.39 is 5.41 Å². The van der Waals surface area contributed by atoms with Crippen molar-refractivity contribution in [3.05, 3.63) is 59.8 Å². The summed E-state index contributed by atoms with van der Waals surface area (Å²) in [6.07, 6.45) is 1.85. The Morgan fingerprint density at radius 2 is 1.58 bits per heavy atom. The molecule has 3 rings (SSSR count). The van der Waals surface area contributed by atoms with E-state index in [1.165, 1.54) is 17.1 Å². The van der Waals surface area contributed by atoms with Gasteiger partial charge in [0.15, 0.2) is 0 Å². The second kappa shape index (κ2) is 7.42. The van der Waals surface area contributed by atoms with Crippen molar-refractivity contribution in [3.8, 4) is 21.6 Å². The summed E-state index contributed by atoms with van der Waals surface area (Å²) in [6, 6.07) is 16.9. The van der Waals surface area contributed by atoms with E-state index in [-0.39, 0.29) is 0 Å². The first kappa shape index (κ1) is 18.3. The van der Waals surface area contributed by atoms with Gasteiger partial charge in [0.05, 0.1) is 16.3 Å². The van der Waals surface area contributed by atoms with Crippen LogP contribution in [0.25, 0.3) is 21.6 Å². The van der Waals surface area contributed by atoms with Crippen LogP contribution in [0.4, 0.5) is 5.69 Å². The quantitative estimate of drug-likeness (QED) is 0.571. The van der Waals surface area contributed by atoms with Crippen LogP contribution in [0, 0.1) is 6.92 Å². The second-order valence-corrected chi connectivity index (χ2v) is 7.54. The SMILES string of the molecule is CCC(C)(C=O)c1ccc(-c2ccc(-c3snc(C)c3NC)cc2)cc1. The highest BCUT2D eigenvalue weighted by atomic mass is 32.1. The van der Waals surface area contributed by atoms with Gasteiger partial charge in [0.2, 0.25) is 0 Å². The van der Waals surface area contributed by atoms with Gasteiger partial charge in [-0.1, -0.05) is 55.5 Å². The Morgan fingerprint density at radius 1 is 1.04 bits per heavy atom. The van der Waals surface area contributed by atoms with Gasteiger partial charge in [-0.05, 0) is 54.1 Å². The molecule has 4 heteroatoms. The first-order chi connectivity index (χ1) is 12.5. The van der Waals surface area contributed by atoms with Gasteiger partial charge in [0, 0.05) is 12.5 Å². The first-order valence-corrected chi connectivity index (χ1v) is 9.61. The van der Waals surface area contributed by atoms with Crippen molar-refractivity contribution in [3.63, 3.8) is 0 Å². The average Bonchev–Trinajstić information content (AvgIpc) is 3.08. The number of aldehydes is 1. The molecule has 3 nitrogen and oxygen atoms in total. The zero-order valence-corrected chi connectivity index (χ0v) is 16.5. The van der Waals surface area contributed by atoms with Gasteiger partial charge in [-0.15, -0.1) is 0 Å². The predicted octanol–water partition coefficient (Wildman–Crippen LogP) is 5.69. The molecule has 0 amide bonds. The lowest BCUT2D eigenvalue weighted by Gasteiger charge is -2.21. The minimum Gasteiger partial charge on any atom is -0.385 e. The number of rotatable bonds is 6. The number of hydrogen-bond acceptors (Lipinski definition) is 4. The van der Waals surface area contributed by atoms with E-state index in [0.29, 0.717) is 0 Å². The van der Waals surface area contributed by atoms with Gasteiger partial charge in [0.25, 0.3) is 0 Å². The van der Waals surface area contributed by atoms with Crippen molar-refractivity contribution in [1.82, 2.24) is 4.37 Å². The fraction of sp³-hybridized carbons (Fsp3) is 0.273. The summed E-state index contributed by atoms with van der Waals surface area (Å²) in [4.78, 5) is 12.6. The fourth-order valence-corrected chi connectivity index (χ4v) is 3.98. The number of nitrogens with zero attached hydrogens (tertiary/aromatic N) is 1. The van der Waals surface area contributed by atoms with Crippen LogP contribution in [0.2, 0.25) is 0 Å². The topological polar surface area (TPSA) is 42.0 Å². The Balaban J connectivity index is 1.88. The Bertz CT molecular complexity index is 897. The maximum Gasteiger partial charge on any atom is 0.130 e. The summed E-state index contributed by atoms with van der Waals surface area (Å²) in [7, 11) is 1.93. The molecule has 1 unspecified atom stereocenters. The van der Waals surface area contributed by atoms with Gasteiger partial charge < -0.3 is 10.1 Å². The normalized spacial score (nSPS) is 13.2. The molecule has 134 valence electrons. The van der Waals surface area contributed by atoms with Crippen LogP contribution in [0.15, 0.2) is 48.5 Å². The molecule has 0 bridgehead atoms. The van der Waals surface area contributed by atoms with Gasteiger partial charge in [0.1, 0.15) is 6.29 Å². The lowest BCUT2D eigenvalue weighted by atomic mass is 9.81. The van der Waals surface area contributed by atoms with Gasteiger partial charge in [-0.2, -0.15) is 4.37 Å². The molecule has 2 aromatic carbocycles. The smallest absolute Gasteiger partial charge is 0.130 e. The zero-order valence-electron chi connectivity index (χ0n) is 15.7. The monoisotopic (exact) mass is 364 g/mol. The summed E-state index contributed by atoms with van der Waals surface area (Å²) in [6.45, 7) is 6.05. The van der Waals surface area contributed by atoms with E-state index in [2.05, 4.69) is 58.2 Å². The number of hydrogen-bond donors (Lipinski definition) is 1. The number of carbonyl (C=O) groups excluding carboxylic acids is 1. The molecule has 1 heterocycles. The molecular weight excluding hydrogens is 340 g/mol. The molecule has 26 heavy (non-hydrogen) atoms. The van der Waals surface area contributed by atoms with Crippen molar-refractivity contribution >= 4 is 23.5 Å². The number of aromatic nitrogens is 1. The van der Waals surface area contributed by atoms with Crippen LogP contribution in [0.1, 0.15) is 31.5 Å². The maximum atomic E-state index is 11.4. The van der Waals surface area contributed by atoms with E-state index in [0.717, 1.165) is 45.7 Å². The van der Waals surface area contributed by atoms with Crippen LogP contribution < -0.4 is 5.32 Å². The molecule has 1 aromatic heterocycles. The molecule has 0 aliphatic rings. The van der Waals surface area contributed by atoms with Gasteiger partial charge in [-0.25, -0.2) is 0 Å². The molecule has 1 atom stereocenters. The standard InChI is InChI=1S/C22H24N2OS/c1-5-22(3,14-25)19-12-10-17(11-13-19)16-6-8-18(9-7-16)21-20(23-4)15(2)24-26-21/h6-14,23H,5H2,1-4H3. The van der Waals surface area contributed by atoms with Gasteiger partial charge >= 0.3 is 0 Å². The minimum atomic E-state index is -0.407. The number of benzene rings is 2. The van der Waals surface area contributed by atoms with E-state index in [1.54, 1.807) is 0 Å². The highest BCUT2D eigenvalue weighted by molar-refractivity contribution is 7.10. The molecule has 0 saturated heterocycles. The largest absolute Gasteiger partial charge is 0.385 e. The highest BCUT2D eigenvalue weighted by Gasteiger charge is 2.23. The maximum absolute atomic E-state index is 11.4. The lowest BCUT2D eigenvalue weighted by Crippen LogP contribution is -2.22. The van der Waals surface area contributed by atoms with E-state index >= 15 is 0 Å². The predicted molar refractivity (Wildman–Crippen MR) is 111 cm³/mol. The lowest BCUT2D eigenvalue weighted by molar-refractivity contribution is -0.112. The van der Waals surface area contributed by atoms with Crippen molar-refractivity contribution in [2.75, 3.05) is 12.4 Å². The Kier molecular flexibility index (Phi) is 5.23. The van der Waals surface area contributed by atoms with Crippen LogP contribution in [0.5, 0.6) is 0 Å². The number of anilines is 1. The minimum absolute atomic E-state index is 0.407. The second-order valence-electron chi connectivity index (χ2n) is 6.77. The molecule has 3 aromatic rings. The molecule has 0 spiro atoms. The summed E-state index contributed by atoms with van der Waals surface area (Å²) >= 11 is 1.52. The molecule has 0 fully saturated rings. The van der Waals surface area contributed by atoms with E-state index in [1.807, 2.05) is 27.8 Å². The molecule has 0 aliphatic carbocycles. The Labute approximate surface area is 159 Å². The van der Waals surface area contributed by atoms with Crippen LogP contribution in [-0.4, -0.2) is 17.7 Å². The molecule has 0 radical (unpaired) electrons. The van der Waals surface area contributed by atoms with Gasteiger partial charge in [-0.3, -0.25) is 0 Å².